The van der Waals surface area contributed by atoms with Gasteiger partial charge < -0.3 is 19.3 Å². The van der Waals surface area contributed by atoms with Crippen molar-refractivity contribution in [1.29, 1.82) is 0 Å². The summed E-state index contributed by atoms with van der Waals surface area (Å²) < 4.78 is 7.51. The maximum atomic E-state index is 13.4. The summed E-state index contributed by atoms with van der Waals surface area (Å²) in [5, 5.41) is 23.3. The maximum absolute atomic E-state index is 13.4. The molecular weight excluding hydrogens is 1120 g/mol. The van der Waals surface area contributed by atoms with Gasteiger partial charge in [-0.3, -0.25) is 0 Å². The third-order valence-corrected chi connectivity index (χ3v) is 21.0. The number of aromatic hydroxyl groups is 1. The Balaban J connectivity index is 1.04. The van der Waals surface area contributed by atoms with E-state index in [1.807, 2.05) is 0 Å². The summed E-state index contributed by atoms with van der Waals surface area (Å²) >= 11 is 0. The Kier molecular flexibility index (Phi) is 15.3. The van der Waals surface area contributed by atoms with Crippen LogP contribution in [0, 0.1) is 0 Å². The van der Waals surface area contributed by atoms with Crippen LogP contribution >= 0.6 is 0 Å². The van der Waals surface area contributed by atoms with Crippen LogP contribution in [0.1, 0.15) is 165 Å². The fraction of sp³-hybridized carbons (Fsp3) is 0.273. The minimum absolute atomic E-state index is 0.104. The average Bonchev–Trinajstić information content (AvgIpc) is 0.732. The number of aryl methyl sites for hydroxylation is 2. The molecule has 2 fully saturated rings. The third-order valence-electron chi connectivity index (χ3n) is 21.0. The van der Waals surface area contributed by atoms with Crippen molar-refractivity contribution in [2.24, 2.45) is 0 Å². The zero-order chi connectivity index (χ0) is 63.0. The van der Waals surface area contributed by atoms with Gasteiger partial charge in [-0.15, -0.1) is 0 Å². The first-order valence-electron chi connectivity index (χ1n) is 34.4. The van der Waals surface area contributed by atoms with E-state index in [2.05, 4.69) is 278 Å². The number of fused-ring (bicyclic) bond motifs is 3. The first kappa shape index (κ1) is 59.2. The SMILES string of the molecule is CCc1ccccc1-c1cccc(-c2cccc(N(c3cccc(C(C)(C)C)c3)c3cc(C4CCCCC4)c4ccc5c(N(c6cccc(C(C)(C)C)c6)c6cccc7c6oc6c(-c8ccccc8CC)cccc67)cc(C6CCCCC6)c6ccc3c4c65)c2O)c1. The van der Waals surface area contributed by atoms with Crippen LogP contribution in [0.25, 0.3) is 87.6 Å². The minimum Gasteiger partial charge on any atom is -0.505 e. The highest BCUT2D eigenvalue weighted by Gasteiger charge is 2.32. The number of para-hydroxylation sites is 3. The maximum Gasteiger partial charge on any atom is 0.159 e. The summed E-state index contributed by atoms with van der Waals surface area (Å²) in [6.07, 6.45) is 13.9. The van der Waals surface area contributed by atoms with Gasteiger partial charge in [0.25, 0.3) is 0 Å². The lowest BCUT2D eigenvalue weighted by atomic mass is 9.77. The van der Waals surface area contributed by atoms with Crippen molar-refractivity contribution in [3.8, 4) is 39.1 Å². The number of benzene rings is 12. The molecule has 2 aliphatic rings. The molecule has 0 aliphatic heterocycles. The van der Waals surface area contributed by atoms with Crippen LogP contribution in [0.15, 0.2) is 217 Å². The molecule has 0 bridgehead atoms. The summed E-state index contributed by atoms with van der Waals surface area (Å²) in [5.74, 6) is 1.02. The van der Waals surface area contributed by atoms with Gasteiger partial charge in [0, 0.05) is 44.0 Å². The molecule has 0 unspecified atom stereocenters. The molecule has 4 heteroatoms. The number of phenols is 1. The minimum atomic E-state index is -0.129. The van der Waals surface area contributed by atoms with Crippen molar-refractivity contribution in [3.63, 3.8) is 0 Å². The first-order chi connectivity index (χ1) is 44.7. The molecule has 1 heterocycles. The van der Waals surface area contributed by atoms with Gasteiger partial charge in [-0.05, 0) is 193 Å². The first-order valence-corrected chi connectivity index (χ1v) is 34.4. The highest BCUT2D eigenvalue weighted by molar-refractivity contribution is 6.30. The molecule has 0 radical (unpaired) electrons. The van der Waals surface area contributed by atoms with E-state index in [1.54, 1.807) is 0 Å². The van der Waals surface area contributed by atoms with Gasteiger partial charge in [0.15, 0.2) is 5.58 Å². The number of hydrogen-bond donors (Lipinski definition) is 1. The van der Waals surface area contributed by atoms with Gasteiger partial charge in [0.2, 0.25) is 0 Å². The third kappa shape index (κ3) is 10.4. The highest BCUT2D eigenvalue weighted by Crippen LogP contribution is 2.56. The highest BCUT2D eigenvalue weighted by atomic mass is 16.3. The van der Waals surface area contributed by atoms with Crippen LogP contribution in [0.2, 0.25) is 0 Å². The monoisotopic (exact) mass is 1200 g/mol. The number of rotatable bonds is 13. The van der Waals surface area contributed by atoms with E-state index in [-0.39, 0.29) is 16.6 Å². The number of nitrogens with zero attached hydrogens (tertiary/aromatic N) is 2. The second kappa shape index (κ2) is 23.8. The molecule has 15 rings (SSSR count). The molecule has 4 nitrogen and oxygen atoms in total. The summed E-state index contributed by atoms with van der Waals surface area (Å²) in [6.45, 7) is 18.4. The average molecular weight is 1200 g/mol. The standard InChI is InChI=1S/C88H86N2O2/c1-9-56-27-17-19-39-66(56)60-33-21-34-61(51-60)68-41-25-45-78(84(68)91)89(64-37-22-35-62(52-64)87(3,4)5)80-54-76(58-29-13-11-14-30-58)69-48-50-75-81(55-77(59-31-15-12-16-32-59)70-47-49-74(80)82(69)83(70)75)90(65-38-23-36-63(53-65)88(6,7)8)79-46-26-44-73-72-43-24-42-71(85(72)92-86(73)79)67-40-20-18-28-57(67)10-2/h17-28,33-55,58-59,91H,9-16,29-32H2,1-8H3. The van der Waals surface area contributed by atoms with E-state index in [0.29, 0.717) is 11.8 Å². The Labute approximate surface area is 544 Å². The Bertz CT molecular complexity index is 4920. The fourth-order valence-electron chi connectivity index (χ4n) is 16.1. The van der Waals surface area contributed by atoms with E-state index in [4.69, 9.17) is 4.42 Å². The van der Waals surface area contributed by atoms with Crippen LogP contribution in [0.5, 0.6) is 5.75 Å². The number of phenolic OH excluding ortho intramolecular Hbond substituents is 1. The Morgan fingerprint density at radius 3 is 1.37 bits per heavy atom. The molecule has 2 aliphatic carbocycles. The molecule has 0 spiro atoms. The van der Waals surface area contributed by atoms with Gasteiger partial charge in [0.1, 0.15) is 11.3 Å². The Morgan fingerprint density at radius 2 is 0.804 bits per heavy atom. The van der Waals surface area contributed by atoms with E-state index >= 15 is 0 Å². The summed E-state index contributed by atoms with van der Waals surface area (Å²) in [5.41, 5.74) is 22.2. The van der Waals surface area contributed by atoms with Crippen molar-refractivity contribution in [2.45, 2.75) is 155 Å². The van der Waals surface area contributed by atoms with Gasteiger partial charge in [-0.2, -0.15) is 0 Å². The second-order valence-corrected chi connectivity index (χ2v) is 28.7. The molecule has 0 amide bonds. The molecular formula is C88H86N2O2. The van der Waals surface area contributed by atoms with Gasteiger partial charge in [0.05, 0.1) is 22.7 Å². The van der Waals surface area contributed by atoms with E-state index < -0.39 is 0 Å². The normalized spacial score (nSPS) is 14.6. The van der Waals surface area contributed by atoms with Crippen LogP contribution in [0.4, 0.5) is 34.1 Å². The summed E-state index contributed by atoms with van der Waals surface area (Å²) in [6, 6.07) is 79.7. The van der Waals surface area contributed by atoms with Crippen molar-refractivity contribution in [3.05, 3.63) is 246 Å². The lowest BCUT2D eigenvalue weighted by Crippen LogP contribution is -2.16. The van der Waals surface area contributed by atoms with Crippen molar-refractivity contribution >= 4 is 88.4 Å². The molecule has 12 aromatic carbocycles. The van der Waals surface area contributed by atoms with Crippen LogP contribution < -0.4 is 9.80 Å². The van der Waals surface area contributed by atoms with E-state index in [0.717, 1.165) is 117 Å². The molecule has 0 saturated heterocycles. The fourth-order valence-corrected chi connectivity index (χ4v) is 16.1. The van der Waals surface area contributed by atoms with Gasteiger partial charge >= 0.3 is 0 Å². The predicted octanol–water partition coefficient (Wildman–Crippen LogP) is 25.9. The number of anilines is 6. The van der Waals surface area contributed by atoms with Crippen LogP contribution in [-0.4, -0.2) is 5.11 Å². The number of furan rings is 1. The molecule has 92 heavy (non-hydrogen) atoms. The van der Waals surface area contributed by atoms with Gasteiger partial charge in [-0.1, -0.05) is 252 Å². The zero-order valence-electron chi connectivity index (χ0n) is 55.1. The van der Waals surface area contributed by atoms with E-state index in [1.165, 1.54) is 115 Å². The molecule has 2 saturated carbocycles. The molecule has 460 valence electrons. The topological polar surface area (TPSA) is 39.9 Å². The Hall–Kier alpha value is -9.12. The number of hydrogen-bond acceptors (Lipinski definition) is 4. The Morgan fingerprint density at radius 1 is 0.370 bits per heavy atom. The summed E-state index contributed by atoms with van der Waals surface area (Å²) in [7, 11) is 0. The van der Waals surface area contributed by atoms with Crippen molar-refractivity contribution < 1.29 is 9.52 Å². The zero-order valence-corrected chi connectivity index (χ0v) is 55.1. The molecule has 1 N–H and O–H groups in total. The smallest absolute Gasteiger partial charge is 0.159 e. The van der Waals surface area contributed by atoms with Crippen molar-refractivity contribution in [1.82, 2.24) is 0 Å². The van der Waals surface area contributed by atoms with Gasteiger partial charge in [-0.25, -0.2) is 0 Å². The lowest BCUT2D eigenvalue weighted by Gasteiger charge is -2.34. The van der Waals surface area contributed by atoms with E-state index in [9.17, 15) is 5.11 Å². The largest absolute Gasteiger partial charge is 0.505 e. The van der Waals surface area contributed by atoms with Crippen molar-refractivity contribution in [2.75, 3.05) is 9.80 Å². The molecule has 0 atom stereocenters. The quantitative estimate of drug-likeness (QED) is 0.117. The summed E-state index contributed by atoms with van der Waals surface area (Å²) in [4.78, 5) is 5.00. The second-order valence-electron chi connectivity index (χ2n) is 28.7. The predicted molar refractivity (Wildman–Crippen MR) is 393 cm³/mol. The van der Waals surface area contributed by atoms with Crippen LogP contribution in [0.3, 0.4) is 0 Å². The van der Waals surface area contributed by atoms with Crippen LogP contribution in [-0.2, 0) is 23.7 Å². The molecule has 1 aromatic heterocycles. The molecule has 13 aromatic rings. The lowest BCUT2D eigenvalue weighted by molar-refractivity contribution is 0.445.